The lowest BCUT2D eigenvalue weighted by Crippen LogP contribution is -2.53. The number of fused-ring (bicyclic) bond motifs is 1. The van der Waals surface area contributed by atoms with Gasteiger partial charge in [-0.1, -0.05) is 48.5 Å². The van der Waals surface area contributed by atoms with Crippen molar-refractivity contribution >= 4 is 17.8 Å². The van der Waals surface area contributed by atoms with Gasteiger partial charge < -0.3 is 14.9 Å². The fourth-order valence-corrected chi connectivity index (χ4v) is 4.34. The maximum absolute atomic E-state index is 13.4. The number of carbonyl (C=O) groups excluding carboxylic acids is 2. The Morgan fingerprint density at radius 3 is 2.48 bits per heavy atom. The molecule has 0 aromatic heterocycles. The zero-order valence-electron chi connectivity index (χ0n) is 16.2. The first-order chi connectivity index (χ1) is 14.1. The molecular formula is C23H24N2O4. The Labute approximate surface area is 169 Å². The molecule has 2 aromatic rings. The van der Waals surface area contributed by atoms with Gasteiger partial charge in [0.05, 0.1) is 0 Å². The molecular weight excluding hydrogens is 368 g/mol. The second-order valence-corrected chi connectivity index (χ2v) is 7.68. The monoisotopic (exact) mass is 392 g/mol. The van der Waals surface area contributed by atoms with Crippen LogP contribution in [-0.2, 0) is 22.6 Å². The van der Waals surface area contributed by atoms with Crippen LogP contribution in [0.3, 0.4) is 0 Å². The number of carbonyl (C=O) groups is 3. The van der Waals surface area contributed by atoms with Gasteiger partial charge in [-0.15, -0.1) is 0 Å². The van der Waals surface area contributed by atoms with Crippen LogP contribution in [0.5, 0.6) is 0 Å². The molecule has 6 heteroatoms. The molecule has 1 N–H and O–H groups in total. The lowest BCUT2D eigenvalue weighted by Gasteiger charge is -2.33. The van der Waals surface area contributed by atoms with Crippen LogP contribution < -0.4 is 0 Å². The molecule has 0 radical (unpaired) electrons. The maximum atomic E-state index is 13.4. The van der Waals surface area contributed by atoms with E-state index in [-0.39, 0.29) is 18.2 Å². The van der Waals surface area contributed by atoms with Crippen molar-refractivity contribution in [2.45, 2.75) is 44.3 Å². The molecule has 0 aliphatic carbocycles. The second kappa shape index (κ2) is 8.07. The number of benzene rings is 2. The fourth-order valence-electron chi connectivity index (χ4n) is 4.34. The van der Waals surface area contributed by atoms with E-state index in [1.54, 1.807) is 11.0 Å². The number of hydrogen-bond donors (Lipinski definition) is 1. The first-order valence-corrected chi connectivity index (χ1v) is 10.0. The van der Waals surface area contributed by atoms with Crippen LogP contribution in [0, 0.1) is 0 Å². The first-order valence-electron chi connectivity index (χ1n) is 10.0. The average molecular weight is 392 g/mol. The van der Waals surface area contributed by atoms with Gasteiger partial charge in [0.15, 0.2) is 0 Å². The second-order valence-electron chi connectivity index (χ2n) is 7.68. The van der Waals surface area contributed by atoms with E-state index in [4.69, 9.17) is 0 Å². The third-order valence-electron chi connectivity index (χ3n) is 5.85. The first kappa shape index (κ1) is 19.2. The van der Waals surface area contributed by atoms with E-state index >= 15 is 0 Å². The van der Waals surface area contributed by atoms with E-state index in [2.05, 4.69) is 0 Å². The minimum absolute atomic E-state index is 0.143. The summed E-state index contributed by atoms with van der Waals surface area (Å²) in [7, 11) is 0. The van der Waals surface area contributed by atoms with Gasteiger partial charge in [-0.3, -0.25) is 9.59 Å². The summed E-state index contributed by atoms with van der Waals surface area (Å²) in [4.78, 5) is 41.5. The Morgan fingerprint density at radius 2 is 1.76 bits per heavy atom. The predicted octanol–water partition coefficient (Wildman–Crippen LogP) is 2.72. The molecule has 0 saturated carbocycles. The molecule has 0 unspecified atom stereocenters. The maximum Gasteiger partial charge on any atom is 0.326 e. The zero-order valence-corrected chi connectivity index (χ0v) is 16.2. The number of hydrogen-bond acceptors (Lipinski definition) is 3. The molecule has 1 saturated heterocycles. The highest BCUT2D eigenvalue weighted by atomic mass is 16.4. The Hall–Kier alpha value is -3.15. The lowest BCUT2D eigenvalue weighted by atomic mass is 10.0. The SMILES string of the molecule is O=C(O)[C@@H](Cc1ccccc1)N1CCCC[C@H](N2Cc3ccccc3C2=O)C1=O. The zero-order chi connectivity index (χ0) is 20.4. The van der Waals surface area contributed by atoms with E-state index in [0.29, 0.717) is 25.1 Å². The Kier molecular flexibility index (Phi) is 5.34. The van der Waals surface area contributed by atoms with Gasteiger partial charge in [0, 0.05) is 25.1 Å². The van der Waals surface area contributed by atoms with Crippen molar-refractivity contribution in [3.8, 4) is 0 Å². The molecule has 1 fully saturated rings. The van der Waals surface area contributed by atoms with Crippen molar-refractivity contribution in [3.63, 3.8) is 0 Å². The highest BCUT2D eigenvalue weighted by Gasteiger charge is 2.41. The fraction of sp³-hybridized carbons (Fsp3) is 0.348. The van der Waals surface area contributed by atoms with Gasteiger partial charge in [0.25, 0.3) is 5.91 Å². The minimum atomic E-state index is -1.01. The van der Waals surface area contributed by atoms with E-state index in [1.807, 2.05) is 48.5 Å². The molecule has 0 bridgehead atoms. The summed E-state index contributed by atoms with van der Waals surface area (Å²) < 4.78 is 0. The Bertz CT molecular complexity index is 927. The number of aliphatic carboxylic acids is 1. The van der Waals surface area contributed by atoms with Crippen LogP contribution in [0.4, 0.5) is 0 Å². The summed E-state index contributed by atoms with van der Waals surface area (Å²) in [5, 5.41) is 9.87. The third-order valence-corrected chi connectivity index (χ3v) is 5.85. The van der Waals surface area contributed by atoms with E-state index in [0.717, 1.165) is 24.0 Å². The van der Waals surface area contributed by atoms with Crippen LogP contribution in [0.15, 0.2) is 54.6 Å². The van der Waals surface area contributed by atoms with E-state index in [9.17, 15) is 19.5 Å². The van der Waals surface area contributed by atoms with Gasteiger partial charge in [0.1, 0.15) is 12.1 Å². The number of rotatable bonds is 5. The Balaban J connectivity index is 1.59. The molecule has 2 aliphatic rings. The van der Waals surface area contributed by atoms with Crippen molar-refractivity contribution < 1.29 is 19.5 Å². The van der Waals surface area contributed by atoms with Crippen LogP contribution >= 0.6 is 0 Å². The molecule has 4 rings (SSSR count). The summed E-state index contributed by atoms with van der Waals surface area (Å²) in [6.07, 6.45) is 2.33. The van der Waals surface area contributed by atoms with Crippen LogP contribution in [0.25, 0.3) is 0 Å². The quantitative estimate of drug-likeness (QED) is 0.849. The highest BCUT2D eigenvalue weighted by Crippen LogP contribution is 2.29. The number of amides is 2. The molecule has 2 amide bonds. The summed E-state index contributed by atoms with van der Waals surface area (Å²) in [6.45, 7) is 0.795. The average Bonchev–Trinajstić information content (AvgIpc) is 2.94. The van der Waals surface area contributed by atoms with Gasteiger partial charge in [-0.25, -0.2) is 4.79 Å². The van der Waals surface area contributed by atoms with Crippen LogP contribution in [0.1, 0.15) is 40.7 Å². The molecule has 2 aromatic carbocycles. The lowest BCUT2D eigenvalue weighted by molar-refractivity contribution is -0.151. The van der Waals surface area contributed by atoms with Crippen molar-refractivity contribution in [1.29, 1.82) is 0 Å². The molecule has 0 spiro atoms. The van der Waals surface area contributed by atoms with Gasteiger partial charge in [0.2, 0.25) is 5.91 Å². The minimum Gasteiger partial charge on any atom is -0.480 e. The summed E-state index contributed by atoms with van der Waals surface area (Å²) in [5.74, 6) is -1.42. The largest absolute Gasteiger partial charge is 0.480 e. The van der Waals surface area contributed by atoms with Gasteiger partial charge >= 0.3 is 5.97 Å². The van der Waals surface area contributed by atoms with Crippen LogP contribution in [-0.4, -0.2) is 51.3 Å². The molecule has 2 heterocycles. The number of likely N-dealkylation sites (tertiary alicyclic amines) is 1. The summed E-state index contributed by atoms with van der Waals surface area (Å²) in [5.41, 5.74) is 2.42. The number of carboxylic acid groups (broad SMARTS) is 1. The topological polar surface area (TPSA) is 77.9 Å². The van der Waals surface area contributed by atoms with Crippen molar-refractivity contribution in [2.24, 2.45) is 0 Å². The Morgan fingerprint density at radius 1 is 1.03 bits per heavy atom. The molecule has 29 heavy (non-hydrogen) atoms. The van der Waals surface area contributed by atoms with Crippen LogP contribution in [0.2, 0.25) is 0 Å². The molecule has 2 aliphatic heterocycles. The van der Waals surface area contributed by atoms with Gasteiger partial charge in [-0.05, 0) is 36.5 Å². The third kappa shape index (κ3) is 3.75. The molecule has 2 atom stereocenters. The molecule has 6 nitrogen and oxygen atoms in total. The van der Waals surface area contributed by atoms with Gasteiger partial charge in [-0.2, -0.15) is 0 Å². The van der Waals surface area contributed by atoms with Crippen molar-refractivity contribution in [1.82, 2.24) is 9.80 Å². The number of carboxylic acids is 1. The van der Waals surface area contributed by atoms with Crippen molar-refractivity contribution in [2.75, 3.05) is 6.54 Å². The summed E-state index contributed by atoms with van der Waals surface area (Å²) >= 11 is 0. The van der Waals surface area contributed by atoms with E-state index in [1.165, 1.54) is 4.90 Å². The standard InChI is InChI=1S/C23H24N2O4/c26-21-18-11-5-4-10-17(18)15-25(21)19-12-6-7-13-24(22(19)27)20(23(28)29)14-16-8-2-1-3-9-16/h1-5,8-11,19-20H,6-7,12-15H2,(H,28,29)/t19-,20+/m0/s1. The summed E-state index contributed by atoms with van der Waals surface area (Å²) in [6, 6.07) is 15.2. The number of nitrogens with zero attached hydrogens (tertiary/aromatic N) is 2. The van der Waals surface area contributed by atoms with E-state index < -0.39 is 18.1 Å². The van der Waals surface area contributed by atoms with Crippen molar-refractivity contribution in [3.05, 3.63) is 71.3 Å². The highest BCUT2D eigenvalue weighted by molar-refractivity contribution is 6.01. The predicted molar refractivity (Wildman–Crippen MR) is 107 cm³/mol. The normalized spacial score (nSPS) is 20.3. The molecule has 150 valence electrons. The smallest absolute Gasteiger partial charge is 0.326 e.